The second-order valence-corrected chi connectivity index (χ2v) is 9.04. The molecule has 142 valence electrons. The van der Waals surface area contributed by atoms with Crippen LogP contribution in [0.25, 0.3) is 16.7 Å². The number of benzene rings is 2. The molecular weight excluding hydrogens is 483 g/mol. The number of thioether (sulfide) groups is 1. The van der Waals surface area contributed by atoms with Crippen LogP contribution in [0.2, 0.25) is 10.0 Å². The molecule has 2 heterocycles. The zero-order valence-electron chi connectivity index (χ0n) is 14.3. The van der Waals surface area contributed by atoms with E-state index in [0.29, 0.717) is 27.7 Å². The van der Waals surface area contributed by atoms with Gasteiger partial charge in [-0.2, -0.15) is 5.10 Å². The minimum absolute atomic E-state index is 0.0246. The molecule has 0 spiro atoms. The number of hydrogen-bond donors (Lipinski definition) is 1. The average Bonchev–Trinajstić information content (AvgIpc) is 3.04. The van der Waals surface area contributed by atoms with Crippen LogP contribution in [0.4, 0.5) is 0 Å². The summed E-state index contributed by atoms with van der Waals surface area (Å²) in [6, 6.07) is 13.0. The Kier molecular flexibility index (Phi) is 5.56. The van der Waals surface area contributed by atoms with Gasteiger partial charge in [-0.3, -0.25) is 0 Å². The van der Waals surface area contributed by atoms with Crippen LogP contribution in [0.5, 0.6) is 0 Å². The predicted molar refractivity (Wildman–Crippen MR) is 119 cm³/mol. The van der Waals surface area contributed by atoms with Crippen LogP contribution in [0.15, 0.2) is 46.9 Å². The van der Waals surface area contributed by atoms with E-state index < -0.39 is 5.97 Å². The monoisotopic (exact) mass is 494 g/mol. The highest BCUT2D eigenvalue weighted by atomic mass is 79.9. The molecule has 0 fully saturated rings. The Balaban J connectivity index is 1.90. The second kappa shape index (κ2) is 7.95. The summed E-state index contributed by atoms with van der Waals surface area (Å²) < 4.78 is 2.62. The van der Waals surface area contributed by atoms with E-state index in [4.69, 9.17) is 23.2 Å². The van der Waals surface area contributed by atoms with Crippen molar-refractivity contribution in [1.29, 1.82) is 0 Å². The van der Waals surface area contributed by atoms with Gasteiger partial charge in [0.15, 0.2) is 5.69 Å². The molecule has 4 nitrogen and oxygen atoms in total. The van der Waals surface area contributed by atoms with Crippen molar-refractivity contribution in [2.24, 2.45) is 0 Å². The molecule has 3 aromatic rings. The Morgan fingerprint density at radius 3 is 2.64 bits per heavy atom. The van der Waals surface area contributed by atoms with Gasteiger partial charge in [0.05, 0.1) is 16.4 Å². The minimum Gasteiger partial charge on any atom is -0.476 e. The third kappa shape index (κ3) is 3.74. The van der Waals surface area contributed by atoms with Crippen molar-refractivity contribution in [3.63, 3.8) is 0 Å². The number of rotatable bonds is 3. The van der Waals surface area contributed by atoms with Crippen LogP contribution in [0.1, 0.15) is 27.3 Å². The van der Waals surface area contributed by atoms with E-state index >= 15 is 0 Å². The summed E-state index contributed by atoms with van der Waals surface area (Å²) in [7, 11) is 0. The molecule has 1 aromatic heterocycles. The summed E-state index contributed by atoms with van der Waals surface area (Å²) in [6.45, 7) is 0. The topological polar surface area (TPSA) is 55.1 Å². The Bertz CT molecular complexity index is 1110. The third-order valence-corrected chi connectivity index (χ3v) is 6.44. The molecule has 0 saturated heterocycles. The van der Waals surface area contributed by atoms with Crippen LogP contribution in [0.3, 0.4) is 0 Å². The number of halogens is 3. The SMILES string of the molecule is O=C(O)c1nn(-c2ccc(Cl)cc2Cl)c2c1C(=Cc1ccc(Br)cc1)SCC2. The molecule has 0 saturated carbocycles. The molecule has 0 unspecified atom stereocenters. The van der Waals surface area contributed by atoms with Gasteiger partial charge >= 0.3 is 5.97 Å². The Morgan fingerprint density at radius 1 is 1.21 bits per heavy atom. The van der Waals surface area contributed by atoms with E-state index in [0.717, 1.165) is 26.4 Å². The standard InChI is InChI=1S/C20H13BrCl2N2O2S/c21-12-3-1-11(2-4-12)9-17-18-16(7-8-28-17)25(24-19(18)20(26)27)15-6-5-13(22)10-14(15)23/h1-6,9-10H,7-8H2,(H,26,27). The molecule has 1 aliphatic heterocycles. The molecule has 0 radical (unpaired) electrons. The number of carboxylic acid groups (broad SMARTS) is 1. The fourth-order valence-corrected chi connectivity index (χ4v) is 4.95. The van der Waals surface area contributed by atoms with Gasteiger partial charge in [-0.25, -0.2) is 9.48 Å². The lowest BCUT2D eigenvalue weighted by atomic mass is 10.1. The minimum atomic E-state index is -1.07. The van der Waals surface area contributed by atoms with Gasteiger partial charge in [-0.15, -0.1) is 11.8 Å². The molecule has 0 bridgehead atoms. The van der Waals surface area contributed by atoms with Gasteiger partial charge in [0.25, 0.3) is 0 Å². The smallest absolute Gasteiger partial charge is 0.357 e. The average molecular weight is 496 g/mol. The Labute approximate surface area is 184 Å². The molecular formula is C20H13BrCl2N2O2S. The number of aromatic nitrogens is 2. The number of hydrogen-bond acceptors (Lipinski definition) is 3. The van der Waals surface area contributed by atoms with E-state index in [1.54, 1.807) is 34.6 Å². The normalized spacial score (nSPS) is 14.9. The molecule has 1 N–H and O–H groups in total. The van der Waals surface area contributed by atoms with E-state index in [1.165, 1.54) is 0 Å². The number of nitrogens with zero attached hydrogens (tertiary/aromatic N) is 2. The van der Waals surface area contributed by atoms with Crippen LogP contribution in [-0.2, 0) is 6.42 Å². The van der Waals surface area contributed by atoms with Crippen molar-refractivity contribution in [2.45, 2.75) is 6.42 Å². The van der Waals surface area contributed by atoms with Gasteiger partial charge in [0.2, 0.25) is 0 Å². The lowest BCUT2D eigenvalue weighted by molar-refractivity contribution is 0.0689. The van der Waals surface area contributed by atoms with Crippen molar-refractivity contribution in [3.8, 4) is 5.69 Å². The summed E-state index contributed by atoms with van der Waals surface area (Å²) in [5, 5.41) is 15.1. The van der Waals surface area contributed by atoms with E-state index in [9.17, 15) is 9.90 Å². The van der Waals surface area contributed by atoms with Gasteiger partial charge in [0.1, 0.15) is 0 Å². The van der Waals surface area contributed by atoms with Crippen molar-refractivity contribution < 1.29 is 9.90 Å². The summed E-state index contributed by atoms with van der Waals surface area (Å²) in [6.07, 6.45) is 2.69. The van der Waals surface area contributed by atoms with Crippen LogP contribution < -0.4 is 0 Å². The zero-order chi connectivity index (χ0) is 19.8. The molecule has 1 aliphatic rings. The van der Waals surface area contributed by atoms with Crippen LogP contribution in [0, 0.1) is 0 Å². The van der Waals surface area contributed by atoms with Gasteiger partial charge < -0.3 is 5.11 Å². The molecule has 4 rings (SSSR count). The lowest BCUT2D eigenvalue weighted by Crippen LogP contribution is -2.08. The highest BCUT2D eigenvalue weighted by Gasteiger charge is 2.29. The Morgan fingerprint density at radius 2 is 1.96 bits per heavy atom. The van der Waals surface area contributed by atoms with Crippen molar-refractivity contribution in [1.82, 2.24) is 9.78 Å². The van der Waals surface area contributed by atoms with Crippen LogP contribution in [-0.4, -0.2) is 26.6 Å². The van der Waals surface area contributed by atoms with Gasteiger partial charge in [-0.05, 0) is 48.4 Å². The molecule has 2 aromatic carbocycles. The first-order valence-electron chi connectivity index (χ1n) is 8.35. The number of carbonyl (C=O) groups is 1. The summed E-state index contributed by atoms with van der Waals surface area (Å²) in [5.74, 6) is -0.241. The van der Waals surface area contributed by atoms with Crippen molar-refractivity contribution in [3.05, 3.63) is 79.5 Å². The summed E-state index contributed by atoms with van der Waals surface area (Å²) in [4.78, 5) is 12.8. The van der Waals surface area contributed by atoms with Crippen molar-refractivity contribution in [2.75, 3.05) is 5.75 Å². The van der Waals surface area contributed by atoms with Crippen LogP contribution >= 0.6 is 50.9 Å². The lowest BCUT2D eigenvalue weighted by Gasteiger charge is -2.17. The van der Waals surface area contributed by atoms with Crippen molar-refractivity contribution >= 4 is 67.8 Å². The highest BCUT2D eigenvalue weighted by molar-refractivity contribution is 9.10. The zero-order valence-corrected chi connectivity index (χ0v) is 18.2. The third-order valence-electron chi connectivity index (χ3n) is 4.33. The first kappa shape index (κ1) is 19.6. The fraction of sp³-hybridized carbons (Fsp3) is 0.100. The largest absolute Gasteiger partial charge is 0.476 e. The molecule has 0 aliphatic carbocycles. The quantitative estimate of drug-likeness (QED) is 0.455. The molecule has 0 amide bonds. The number of aromatic carboxylic acids is 1. The van der Waals surface area contributed by atoms with E-state index in [1.807, 2.05) is 30.3 Å². The predicted octanol–water partition coefficient (Wildman–Crippen LogP) is 6.43. The van der Waals surface area contributed by atoms with E-state index in [-0.39, 0.29) is 5.69 Å². The molecule has 0 atom stereocenters. The molecule has 28 heavy (non-hydrogen) atoms. The first-order chi connectivity index (χ1) is 13.4. The second-order valence-electron chi connectivity index (χ2n) is 6.14. The van der Waals surface area contributed by atoms with Gasteiger partial charge in [-0.1, -0.05) is 51.3 Å². The maximum Gasteiger partial charge on any atom is 0.357 e. The maximum absolute atomic E-state index is 11.9. The number of carboxylic acids is 1. The fourth-order valence-electron chi connectivity index (χ4n) is 3.10. The summed E-state index contributed by atoms with van der Waals surface area (Å²) >= 11 is 17.4. The summed E-state index contributed by atoms with van der Waals surface area (Å²) in [5.41, 5.74) is 3.12. The first-order valence-corrected chi connectivity index (χ1v) is 10.9. The van der Waals surface area contributed by atoms with Gasteiger partial charge in [0, 0.05) is 25.7 Å². The Hall–Kier alpha value is -1.73. The maximum atomic E-state index is 11.9. The van der Waals surface area contributed by atoms with E-state index in [2.05, 4.69) is 21.0 Å². The number of fused-ring (bicyclic) bond motifs is 1. The highest BCUT2D eigenvalue weighted by Crippen LogP contribution is 2.41. The molecule has 8 heteroatoms.